The molecule has 3 N–H and O–H groups in total. The maximum atomic E-state index is 13.7. The second kappa shape index (κ2) is 11.6. The topological polar surface area (TPSA) is 137 Å². The maximum absolute atomic E-state index is 13.7. The molecular formula is C23H32N5O6P. The molecule has 2 aliphatic heterocycles. The van der Waals surface area contributed by atoms with Crippen molar-refractivity contribution >= 4 is 25.9 Å². The fourth-order valence-corrected chi connectivity index (χ4v) is 5.16. The number of nitrogens with zero attached hydrogens (tertiary/aromatic N) is 3. The SMILES string of the molecule is C=C/C=C1/C(N)=NC=NN1[C@H]1CCC(COP(=O)(NC(C)(C)C(=O)OCC)Oc2ccccc2)O1. The molecular weight excluding hydrogens is 473 g/mol. The first-order chi connectivity index (χ1) is 16.7. The monoisotopic (exact) mass is 505 g/mol. The minimum Gasteiger partial charge on any atom is -0.465 e. The molecule has 0 aliphatic carbocycles. The summed E-state index contributed by atoms with van der Waals surface area (Å²) in [6, 6.07) is 8.57. The first-order valence-electron chi connectivity index (χ1n) is 11.3. The molecule has 0 saturated carbocycles. The van der Waals surface area contributed by atoms with Crippen molar-refractivity contribution in [2.45, 2.75) is 51.5 Å². The number of nitrogens with two attached hydrogens (primary N) is 1. The van der Waals surface area contributed by atoms with Crippen LogP contribution in [-0.2, 0) is 23.4 Å². The van der Waals surface area contributed by atoms with Gasteiger partial charge in [-0.05, 0) is 51.8 Å². The molecule has 0 bridgehead atoms. The number of hydrazone groups is 1. The van der Waals surface area contributed by atoms with E-state index < -0.39 is 31.6 Å². The summed E-state index contributed by atoms with van der Waals surface area (Å²) in [4.78, 5) is 16.4. The number of nitrogens with one attached hydrogen (secondary N) is 1. The molecule has 2 unspecified atom stereocenters. The van der Waals surface area contributed by atoms with Gasteiger partial charge in [0.15, 0.2) is 12.1 Å². The number of esters is 1. The van der Waals surface area contributed by atoms with E-state index in [2.05, 4.69) is 21.8 Å². The number of para-hydroxylation sites is 1. The van der Waals surface area contributed by atoms with Gasteiger partial charge in [0.25, 0.3) is 0 Å². The summed E-state index contributed by atoms with van der Waals surface area (Å²) >= 11 is 0. The van der Waals surface area contributed by atoms with Gasteiger partial charge in [-0.3, -0.25) is 9.32 Å². The Hall–Kier alpha value is -2.98. The van der Waals surface area contributed by atoms with Crippen LogP contribution in [0.1, 0.15) is 33.6 Å². The Kier molecular flexibility index (Phi) is 8.85. The highest BCUT2D eigenvalue weighted by Gasteiger charge is 2.42. The quantitative estimate of drug-likeness (QED) is 0.343. The molecule has 35 heavy (non-hydrogen) atoms. The van der Waals surface area contributed by atoms with Crippen molar-refractivity contribution in [2.24, 2.45) is 15.8 Å². The van der Waals surface area contributed by atoms with Gasteiger partial charge in [-0.2, -0.15) is 10.2 Å². The Balaban J connectivity index is 1.69. The van der Waals surface area contributed by atoms with E-state index in [4.69, 9.17) is 24.3 Å². The normalized spacial score (nSPS) is 23.0. The van der Waals surface area contributed by atoms with Crippen molar-refractivity contribution < 1.29 is 27.9 Å². The molecule has 0 amide bonds. The average molecular weight is 506 g/mol. The number of hydrogen-bond donors (Lipinski definition) is 2. The summed E-state index contributed by atoms with van der Waals surface area (Å²) in [7, 11) is -4.02. The van der Waals surface area contributed by atoms with Gasteiger partial charge in [0.05, 0.1) is 19.3 Å². The van der Waals surface area contributed by atoms with E-state index in [0.717, 1.165) is 0 Å². The van der Waals surface area contributed by atoms with E-state index in [1.165, 1.54) is 6.34 Å². The molecule has 12 heteroatoms. The van der Waals surface area contributed by atoms with Gasteiger partial charge >= 0.3 is 13.7 Å². The molecule has 2 aliphatic rings. The van der Waals surface area contributed by atoms with Crippen LogP contribution in [0.3, 0.4) is 0 Å². The third kappa shape index (κ3) is 7.02. The van der Waals surface area contributed by atoms with E-state index in [1.54, 1.807) is 68.3 Å². The summed E-state index contributed by atoms with van der Waals surface area (Å²) < 4.78 is 36.4. The second-order valence-corrected chi connectivity index (χ2v) is 9.98. The largest absolute Gasteiger partial charge is 0.465 e. The van der Waals surface area contributed by atoms with Crippen molar-refractivity contribution in [3.05, 3.63) is 54.8 Å². The summed E-state index contributed by atoms with van der Waals surface area (Å²) in [5.41, 5.74) is 5.22. The minimum atomic E-state index is -4.02. The van der Waals surface area contributed by atoms with Crippen molar-refractivity contribution in [3.8, 4) is 5.75 Å². The predicted molar refractivity (Wildman–Crippen MR) is 133 cm³/mol. The summed E-state index contributed by atoms with van der Waals surface area (Å²) in [6.45, 7) is 8.62. The number of carbonyl (C=O) groups is 1. The minimum absolute atomic E-state index is 0.0475. The zero-order valence-electron chi connectivity index (χ0n) is 20.1. The van der Waals surface area contributed by atoms with Crippen LogP contribution in [0.5, 0.6) is 5.75 Å². The van der Waals surface area contributed by atoms with Crippen molar-refractivity contribution in [2.75, 3.05) is 13.2 Å². The molecule has 0 radical (unpaired) electrons. The number of aliphatic imine (C=N–C) groups is 1. The van der Waals surface area contributed by atoms with Crippen LogP contribution in [0.2, 0.25) is 0 Å². The van der Waals surface area contributed by atoms with Crippen molar-refractivity contribution in [1.29, 1.82) is 0 Å². The first kappa shape index (κ1) is 26.6. The van der Waals surface area contributed by atoms with Gasteiger partial charge < -0.3 is 19.7 Å². The molecule has 11 nitrogen and oxygen atoms in total. The van der Waals surface area contributed by atoms with Crippen LogP contribution in [0.15, 0.2) is 64.9 Å². The van der Waals surface area contributed by atoms with Gasteiger partial charge in [0.2, 0.25) is 0 Å². The highest BCUT2D eigenvalue weighted by Crippen LogP contribution is 2.47. The Morgan fingerprint density at radius 2 is 2.11 bits per heavy atom. The standard InChI is InChI=1S/C23H32N5O6P/c1-5-10-19-21(24)25-16-26-28(19)20-14-13-18(33-20)15-32-35(30,34-17-11-8-7-9-12-17)27-23(3,4)22(29)31-6-2/h5,7-12,16,18,20H,1,6,13-15H2,2-4H3,(H,27,30)(H2,24,25,26)/b19-10-/t18?,20-,35?/m1/s1. The smallest absolute Gasteiger partial charge is 0.459 e. The lowest BCUT2D eigenvalue weighted by atomic mass is 10.1. The van der Waals surface area contributed by atoms with Crippen LogP contribution in [0, 0.1) is 0 Å². The van der Waals surface area contributed by atoms with E-state index in [9.17, 15) is 9.36 Å². The molecule has 1 aromatic carbocycles. The van der Waals surface area contributed by atoms with E-state index in [1.807, 2.05) is 0 Å². The summed E-state index contributed by atoms with van der Waals surface area (Å²) in [6.07, 6.45) is 5.06. The van der Waals surface area contributed by atoms with Gasteiger partial charge in [-0.25, -0.2) is 14.6 Å². The van der Waals surface area contributed by atoms with Crippen LogP contribution < -0.4 is 15.3 Å². The number of amidine groups is 1. The molecule has 3 atom stereocenters. The van der Waals surface area contributed by atoms with E-state index >= 15 is 0 Å². The first-order valence-corrected chi connectivity index (χ1v) is 12.8. The predicted octanol–water partition coefficient (Wildman–Crippen LogP) is 3.31. The highest BCUT2D eigenvalue weighted by atomic mass is 31.2. The zero-order valence-corrected chi connectivity index (χ0v) is 21.0. The average Bonchev–Trinajstić information content (AvgIpc) is 3.29. The van der Waals surface area contributed by atoms with Gasteiger partial charge in [0.1, 0.15) is 23.3 Å². The molecule has 0 spiro atoms. The Morgan fingerprint density at radius 3 is 2.80 bits per heavy atom. The van der Waals surface area contributed by atoms with Crippen LogP contribution in [-0.4, -0.2) is 54.2 Å². The number of ether oxygens (including phenoxy) is 2. The Morgan fingerprint density at radius 1 is 1.37 bits per heavy atom. The Bertz CT molecular complexity index is 1040. The lowest BCUT2D eigenvalue weighted by Gasteiger charge is -2.30. The van der Waals surface area contributed by atoms with E-state index in [0.29, 0.717) is 30.1 Å². The fourth-order valence-electron chi connectivity index (χ4n) is 3.46. The molecule has 3 rings (SSSR count). The molecule has 2 heterocycles. The molecule has 0 aromatic heterocycles. The fraction of sp³-hybridized carbons (Fsp3) is 0.435. The number of benzene rings is 1. The lowest BCUT2D eigenvalue weighted by molar-refractivity contribution is -0.149. The van der Waals surface area contributed by atoms with E-state index in [-0.39, 0.29) is 13.2 Å². The third-order valence-electron chi connectivity index (χ3n) is 5.12. The number of allylic oxidation sites excluding steroid dienone is 2. The maximum Gasteiger partial charge on any atom is 0.459 e. The summed E-state index contributed by atoms with van der Waals surface area (Å²) in [5.74, 6) is 0.0422. The van der Waals surface area contributed by atoms with Crippen LogP contribution in [0.25, 0.3) is 0 Å². The van der Waals surface area contributed by atoms with Gasteiger partial charge in [-0.15, -0.1) is 0 Å². The second-order valence-electron chi connectivity index (χ2n) is 8.32. The van der Waals surface area contributed by atoms with Crippen molar-refractivity contribution in [3.63, 3.8) is 0 Å². The van der Waals surface area contributed by atoms with Crippen LogP contribution >= 0.6 is 7.75 Å². The summed E-state index contributed by atoms with van der Waals surface area (Å²) in [5, 5.41) is 8.62. The molecule has 1 saturated heterocycles. The number of rotatable bonds is 11. The van der Waals surface area contributed by atoms with Gasteiger partial charge in [0, 0.05) is 0 Å². The zero-order chi connectivity index (χ0) is 25.5. The number of hydrogen-bond acceptors (Lipinski definition) is 10. The number of carbonyl (C=O) groups excluding carboxylic acids is 1. The highest BCUT2D eigenvalue weighted by molar-refractivity contribution is 7.52. The van der Waals surface area contributed by atoms with Crippen LogP contribution in [0.4, 0.5) is 0 Å². The molecule has 1 aromatic rings. The third-order valence-corrected chi connectivity index (χ3v) is 6.89. The van der Waals surface area contributed by atoms with Gasteiger partial charge in [-0.1, -0.05) is 30.9 Å². The molecule has 190 valence electrons. The molecule has 1 fully saturated rings. The van der Waals surface area contributed by atoms with Crippen molar-refractivity contribution in [1.82, 2.24) is 10.1 Å². The Labute approximate surface area is 205 Å². The lowest BCUT2D eigenvalue weighted by Crippen LogP contribution is -2.47.